The number of aliphatic hydroxyl groups is 2. The van der Waals surface area contributed by atoms with Crippen molar-refractivity contribution in [3.05, 3.63) is 0 Å². The summed E-state index contributed by atoms with van der Waals surface area (Å²) in [6.45, 7) is 9.14. The Kier molecular flexibility index (Phi) is 6.33. The van der Waals surface area contributed by atoms with E-state index in [9.17, 15) is 5.11 Å². The minimum atomic E-state index is -0.634. The lowest BCUT2D eigenvalue weighted by Crippen LogP contribution is -2.42. The Hall–Kier alpha value is -0.120. The van der Waals surface area contributed by atoms with Crippen LogP contribution >= 0.6 is 0 Å². The van der Waals surface area contributed by atoms with Gasteiger partial charge in [0.2, 0.25) is 0 Å². The van der Waals surface area contributed by atoms with E-state index in [1.54, 1.807) is 6.92 Å². The summed E-state index contributed by atoms with van der Waals surface area (Å²) in [5, 5.41) is 22.1. The third kappa shape index (κ3) is 6.35. The van der Waals surface area contributed by atoms with E-state index < -0.39 is 5.60 Å². The van der Waals surface area contributed by atoms with Crippen molar-refractivity contribution in [3.8, 4) is 0 Å². The zero-order valence-corrected chi connectivity index (χ0v) is 9.88. The second-order valence-corrected chi connectivity index (χ2v) is 4.68. The Morgan fingerprint density at radius 2 is 1.86 bits per heavy atom. The molecule has 0 saturated heterocycles. The van der Waals surface area contributed by atoms with E-state index in [-0.39, 0.29) is 12.0 Å². The van der Waals surface area contributed by atoms with Crippen molar-refractivity contribution in [2.75, 3.05) is 13.1 Å². The van der Waals surface area contributed by atoms with E-state index in [1.807, 2.05) is 20.8 Å². The zero-order valence-electron chi connectivity index (χ0n) is 9.88. The molecular formula is C11H25NO2. The van der Waals surface area contributed by atoms with E-state index >= 15 is 0 Å². The SMILES string of the molecule is CC(O)CCCNCC(C)(O)C(C)C. The predicted molar refractivity (Wildman–Crippen MR) is 59.2 cm³/mol. The number of rotatable bonds is 7. The molecule has 0 heterocycles. The Morgan fingerprint density at radius 3 is 2.29 bits per heavy atom. The van der Waals surface area contributed by atoms with Gasteiger partial charge in [-0.2, -0.15) is 0 Å². The first kappa shape index (κ1) is 13.9. The highest BCUT2D eigenvalue weighted by Gasteiger charge is 2.23. The highest BCUT2D eigenvalue weighted by atomic mass is 16.3. The topological polar surface area (TPSA) is 52.5 Å². The molecule has 0 amide bonds. The minimum absolute atomic E-state index is 0.220. The fourth-order valence-electron chi connectivity index (χ4n) is 1.07. The molecule has 86 valence electrons. The standard InChI is InChI=1S/C11H25NO2/c1-9(2)11(4,14)8-12-7-5-6-10(3)13/h9-10,12-14H,5-8H2,1-4H3. The van der Waals surface area contributed by atoms with Crippen LogP contribution in [0.3, 0.4) is 0 Å². The van der Waals surface area contributed by atoms with Crippen molar-refractivity contribution >= 4 is 0 Å². The molecule has 0 saturated carbocycles. The summed E-state index contributed by atoms with van der Waals surface area (Å²) in [5.41, 5.74) is -0.634. The molecular weight excluding hydrogens is 178 g/mol. The summed E-state index contributed by atoms with van der Waals surface area (Å²) >= 11 is 0. The van der Waals surface area contributed by atoms with E-state index in [4.69, 9.17) is 5.11 Å². The molecule has 0 aromatic carbocycles. The molecule has 2 unspecified atom stereocenters. The number of hydrogen-bond donors (Lipinski definition) is 3. The van der Waals surface area contributed by atoms with Gasteiger partial charge in [0.1, 0.15) is 0 Å². The maximum atomic E-state index is 9.89. The van der Waals surface area contributed by atoms with Gasteiger partial charge in [0, 0.05) is 6.54 Å². The van der Waals surface area contributed by atoms with Crippen LogP contribution in [0.4, 0.5) is 0 Å². The molecule has 0 aliphatic heterocycles. The van der Waals surface area contributed by atoms with Crippen molar-refractivity contribution in [1.29, 1.82) is 0 Å². The predicted octanol–water partition coefficient (Wildman–Crippen LogP) is 1.14. The lowest BCUT2D eigenvalue weighted by atomic mass is 9.92. The molecule has 3 nitrogen and oxygen atoms in total. The first-order valence-corrected chi connectivity index (χ1v) is 5.47. The lowest BCUT2D eigenvalue weighted by molar-refractivity contribution is 0.0142. The monoisotopic (exact) mass is 203 g/mol. The van der Waals surface area contributed by atoms with Gasteiger partial charge < -0.3 is 15.5 Å². The van der Waals surface area contributed by atoms with Gasteiger partial charge in [-0.1, -0.05) is 13.8 Å². The number of aliphatic hydroxyl groups excluding tert-OH is 1. The Labute approximate surface area is 87.5 Å². The van der Waals surface area contributed by atoms with Gasteiger partial charge >= 0.3 is 0 Å². The maximum Gasteiger partial charge on any atom is 0.0766 e. The van der Waals surface area contributed by atoms with Gasteiger partial charge in [-0.05, 0) is 39.2 Å². The Morgan fingerprint density at radius 1 is 1.29 bits per heavy atom. The number of nitrogens with one attached hydrogen (secondary N) is 1. The third-order valence-corrected chi connectivity index (χ3v) is 2.70. The van der Waals surface area contributed by atoms with Crippen LogP contribution in [0.25, 0.3) is 0 Å². The summed E-state index contributed by atoms with van der Waals surface area (Å²) in [5.74, 6) is 0.256. The zero-order chi connectivity index (χ0) is 11.2. The largest absolute Gasteiger partial charge is 0.393 e. The van der Waals surface area contributed by atoms with E-state index in [1.165, 1.54) is 0 Å². The maximum absolute atomic E-state index is 9.89. The molecule has 0 rings (SSSR count). The quantitative estimate of drug-likeness (QED) is 0.544. The van der Waals surface area contributed by atoms with E-state index in [0.29, 0.717) is 6.54 Å². The molecule has 0 fully saturated rings. The van der Waals surface area contributed by atoms with Crippen LogP contribution in [-0.4, -0.2) is 35.0 Å². The Balaban J connectivity index is 3.45. The molecule has 14 heavy (non-hydrogen) atoms. The fraction of sp³-hybridized carbons (Fsp3) is 1.00. The summed E-state index contributed by atoms with van der Waals surface area (Å²) in [4.78, 5) is 0. The normalized spacial score (nSPS) is 18.2. The Bertz CT molecular complexity index is 144. The number of hydrogen-bond acceptors (Lipinski definition) is 3. The molecule has 3 N–H and O–H groups in total. The average molecular weight is 203 g/mol. The van der Waals surface area contributed by atoms with Gasteiger partial charge in [0.05, 0.1) is 11.7 Å². The van der Waals surface area contributed by atoms with Crippen LogP contribution in [0, 0.1) is 5.92 Å². The van der Waals surface area contributed by atoms with Gasteiger partial charge in [0.15, 0.2) is 0 Å². The summed E-state index contributed by atoms with van der Waals surface area (Å²) in [6.07, 6.45) is 1.55. The average Bonchev–Trinajstić information content (AvgIpc) is 2.02. The van der Waals surface area contributed by atoms with Crippen molar-refractivity contribution in [3.63, 3.8) is 0 Å². The third-order valence-electron chi connectivity index (χ3n) is 2.70. The van der Waals surface area contributed by atoms with Gasteiger partial charge in [-0.25, -0.2) is 0 Å². The van der Waals surface area contributed by atoms with Crippen molar-refractivity contribution in [1.82, 2.24) is 5.32 Å². The molecule has 0 aliphatic carbocycles. The van der Waals surface area contributed by atoms with Crippen LogP contribution in [0.5, 0.6) is 0 Å². The van der Waals surface area contributed by atoms with Crippen molar-refractivity contribution in [2.45, 2.75) is 52.2 Å². The van der Waals surface area contributed by atoms with Crippen LogP contribution in [0.2, 0.25) is 0 Å². The smallest absolute Gasteiger partial charge is 0.0766 e. The molecule has 0 spiro atoms. The van der Waals surface area contributed by atoms with Gasteiger partial charge in [0.25, 0.3) is 0 Å². The van der Waals surface area contributed by atoms with E-state index in [2.05, 4.69) is 5.32 Å². The highest BCUT2D eigenvalue weighted by Crippen LogP contribution is 2.14. The first-order chi connectivity index (χ1) is 6.36. The van der Waals surface area contributed by atoms with Crippen LogP contribution in [0.1, 0.15) is 40.5 Å². The molecule has 3 heteroatoms. The molecule has 0 aromatic heterocycles. The molecule has 0 radical (unpaired) electrons. The van der Waals surface area contributed by atoms with Gasteiger partial charge in [-0.15, -0.1) is 0 Å². The van der Waals surface area contributed by atoms with Gasteiger partial charge in [-0.3, -0.25) is 0 Å². The molecule has 0 bridgehead atoms. The highest BCUT2D eigenvalue weighted by molar-refractivity contribution is 4.78. The van der Waals surface area contributed by atoms with Crippen molar-refractivity contribution in [2.24, 2.45) is 5.92 Å². The summed E-state index contributed by atoms with van der Waals surface area (Å²) in [7, 11) is 0. The minimum Gasteiger partial charge on any atom is -0.393 e. The molecule has 0 aliphatic rings. The second-order valence-electron chi connectivity index (χ2n) is 4.68. The van der Waals surface area contributed by atoms with E-state index in [0.717, 1.165) is 19.4 Å². The summed E-state index contributed by atoms with van der Waals surface area (Å²) in [6, 6.07) is 0. The van der Waals surface area contributed by atoms with Crippen LogP contribution in [0.15, 0.2) is 0 Å². The molecule has 0 aromatic rings. The lowest BCUT2D eigenvalue weighted by Gasteiger charge is -2.28. The van der Waals surface area contributed by atoms with Crippen molar-refractivity contribution < 1.29 is 10.2 Å². The first-order valence-electron chi connectivity index (χ1n) is 5.47. The summed E-state index contributed by atoms with van der Waals surface area (Å²) < 4.78 is 0. The van der Waals surface area contributed by atoms with Crippen LogP contribution in [-0.2, 0) is 0 Å². The fourth-order valence-corrected chi connectivity index (χ4v) is 1.07. The second kappa shape index (κ2) is 6.38. The van der Waals surface area contributed by atoms with Crippen LogP contribution < -0.4 is 5.32 Å². The molecule has 2 atom stereocenters.